The highest BCUT2D eigenvalue weighted by Gasteiger charge is 2.12. The third kappa shape index (κ3) is 4.39. The third-order valence-corrected chi connectivity index (χ3v) is 2.17. The maximum absolute atomic E-state index is 11.4. The number of carboxylic acid groups (broad SMARTS) is 1. The second-order valence-corrected chi connectivity index (χ2v) is 3.47. The summed E-state index contributed by atoms with van der Waals surface area (Å²) in [5.74, 6) is 1.09. The standard InChI is InChI=1S/C13H13NO3/c1-2-11(10-6-4-3-5-7-10)14-12(15)8-9-13(16)17/h1,3-7,11H,8-9H2,(H,14,15)(H,16,17)/t11-/m0/s1. The maximum atomic E-state index is 11.4. The summed E-state index contributed by atoms with van der Waals surface area (Å²) >= 11 is 0. The van der Waals surface area contributed by atoms with E-state index in [4.69, 9.17) is 11.5 Å². The number of benzene rings is 1. The van der Waals surface area contributed by atoms with Gasteiger partial charge in [0.15, 0.2) is 0 Å². The van der Waals surface area contributed by atoms with Crippen molar-refractivity contribution in [2.75, 3.05) is 0 Å². The summed E-state index contributed by atoms with van der Waals surface area (Å²) < 4.78 is 0. The zero-order valence-corrected chi connectivity index (χ0v) is 9.22. The first-order chi connectivity index (χ1) is 8.13. The fourth-order valence-electron chi connectivity index (χ4n) is 1.32. The first kappa shape index (κ1) is 12.8. The molecule has 0 aliphatic carbocycles. The second kappa shape index (κ2) is 6.33. The summed E-state index contributed by atoms with van der Waals surface area (Å²) in [6.07, 6.45) is 5.06. The average molecular weight is 231 g/mol. The summed E-state index contributed by atoms with van der Waals surface area (Å²) in [6, 6.07) is 8.59. The van der Waals surface area contributed by atoms with E-state index in [2.05, 4.69) is 11.2 Å². The number of amides is 1. The van der Waals surface area contributed by atoms with Crippen LogP contribution in [0.3, 0.4) is 0 Å². The predicted octanol–water partition coefficient (Wildman–Crippen LogP) is 1.34. The van der Waals surface area contributed by atoms with Crippen molar-refractivity contribution < 1.29 is 14.7 Å². The monoisotopic (exact) mass is 231 g/mol. The van der Waals surface area contributed by atoms with E-state index in [1.54, 1.807) is 0 Å². The van der Waals surface area contributed by atoms with Crippen molar-refractivity contribution in [3.8, 4) is 12.3 Å². The highest BCUT2D eigenvalue weighted by atomic mass is 16.4. The molecule has 1 aromatic carbocycles. The lowest BCUT2D eigenvalue weighted by atomic mass is 10.1. The zero-order valence-electron chi connectivity index (χ0n) is 9.22. The molecule has 1 amide bonds. The molecule has 0 fully saturated rings. The lowest BCUT2D eigenvalue weighted by Gasteiger charge is -2.12. The maximum Gasteiger partial charge on any atom is 0.303 e. The number of aliphatic carboxylic acids is 1. The van der Waals surface area contributed by atoms with Crippen molar-refractivity contribution in [1.29, 1.82) is 0 Å². The van der Waals surface area contributed by atoms with Gasteiger partial charge < -0.3 is 10.4 Å². The number of terminal acetylenes is 1. The molecule has 0 heterocycles. The van der Waals surface area contributed by atoms with Gasteiger partial charge in [0.1, 0.15) is 6.04 Å². The van der Waals surface area contributed by atoms with E-state index in [9.17, 15) is 9.59 Å². The van der Waals surface area contributed by atoms with Crippen molar-refractivity contribution in [1.82, 2.24) is 5.32 Å². The van der Waals surface area contributed by atoms with Crippen molar-refractivity contribution >= 4 is 11.9 Å². The number of hydrogen-bond donors (Lipinski definition) is 2. The Labute approximate surface area is 99.7 Å². The molecular weight excluding hydrogens is 218 g/mol. The summed E-state index contributed by atoms with van der Waals surface area (Å²) in [6.45, 7) is 0. The Bertz CT molecular complexity index is 434. The molecule has 17 heavy (non-hydrogen) atoms. The van der Waals surface area contributed by atoms with Crippen LogP contribution in [-0.4, -0.2) is 17.0 Å². The van der Waals surface area contributed by atoms with Gasteiger partial charge >= 0.3 is 5.97 Å². The van der Waals surface area contributed by atoms with Gasteiger partial charge in [-0.05, 0) is 5.56 Å². The van der Waals surface area contributed by atoms with E-state index in [-0.39, 0.29) is 18.7 Å². The molecule has 0 bridgehead atoms. The van der Waals surface area contributed by atoms with Crippen LogP contribution in [0.5, 0.6) is 0 Å². The molecule has 4 heteroatoms. The minimum Gasteiger partial charge on any atom is -0.481 e. The Hall–Kier alpha value is -2.28. The zero-order chi connectivity index (χ0) is 12.7. The molecule has 0 aliphatic heterocycles. The van der Waals surface area contributed by atoms with E-state index in [1.165, 1.54) is 0 Å². The van der Waals surface area contributed by atoms with Crippen LogP contribution in [0.4, 0.5) is 0 Å². The molecule has 0 saturated carbocycles. The van der Waals surface area contributed by atoms with Crippen LogP contribution < -0.4 is 5.32 Å². The molecule has 2 N–H and O–H groups in total. The van der Waals surface area contributed by atoms with E-state index < -0.39 is 12.0 Å². The van der Waals surface area contributed by atoms with Gasteiger partial charge in [-0.1, -0.05) is 36.3 Å². The number of carboxylic acids is 1. The molecule has 1 atom stereocenters. The van der Waals surface area contributed by atoms with Crippen LogP contribution in [-0.2, 0) is 9.59 Å². The number of carbonyl (C=O) groups is 2. The van der Waals surface area contributed by atoms with Crippen LogP contribution >= 0.6 is 0 Å². The van der Waals surface area contributed by atoms with Gasteiger partial charge in [0, 0.05) is 6.42 Å². The van der Waals surface area contributed by atoms with Crippen LogP contribution in [0.25, 0.3) is 0 Å². The smallest absolute Gasteiger partial charge is 0.303 e. The Morgan fingerprint density at radius 2 is 1.94 bits per heavy atom. The van der Waals surface area contributed by atoms with Crippen molar-refractivity contribution in [3.63, 3.8) is 0 Å². The average Bonchev–Trinajstić information content (AvgIpc) is 2.34. The normalized spacial score (nSPS) is 11.2. The van der Waals surface area contributed by atoms with Gasteiger partial charge in [-0.15, -0.1) is 6.42 Å². The molecule has 0 unspecified atom stereocenters. The van der Waals surface area contributed by atoms with Crippen LogP contribution in [0.1, 0.15) is 24.4 Å². The van der Waals surface area contributed by atoms with Crippen LogP contribution in [0.2, 0.25) is 0 Å². The molecule has 0 saturated heterocycles. The molecule has 4 nitrogen and oxygen atoms in total. The molecule has 1 rings (SSSR count). The van der Waals surface area contributed by atoms with Gasteiger partial charge in [-0.25, -0.2) is 0 Å². The molecule has 88 valence electrons. The number of nitrogens with one attached hydrogen (secondary N) is 1. The number of rotatable bonds is 5. The Morgan fingerprint density at radius 1 is 1.29 bits per heavy atom. The molecule has 1 aromatic rings. The summed E-state index contributed by atoms with van der Waals surface area (Å²) in [7, 11) is 0. The molecular formula is C13H13NO3. The third-order valence-electron chi connectivity index (χ3n) is 2.17. The molecule has 0 aliphatic rings. The van der Waals surface area contributed by atoms with Crippen molar-refractivity contribution in [3.05, 3.63) is 35.9 Å². The quantitative estimate of drug-likeness (QED) is 0.751. The topological polar surface area (TPSA) is 66.4 Å². The van der Waals surface area contributed by atoms with Gasteiger partial charge in [0.05, 0.1) is 6.42 Å². The summed E-state index contributed by atoms with van der Waals surface area (Å²) in [5, 5.41) is 11.1. The van der Waals surface area contributed by atoms with Crippen LogP contribution in [0, 0.1) is 12.3 Å². The Balaban J connectivity index is 2.57. The second-order valence-electron chi connectivity index (χ2n) is 3.47. The van der Waals surface area contributed by atoms with E-state index in [0.29, 0.717) is 0 Å². The fourth-order valence-corrected chi connectivity index (χ4v) is 1.32. The van der Waals surface area contributed by atoms with Crippen molar-refractivity contribution in [2.45, 2.75) is 18.9 Å². The Kier molecular flexibility index (Phi) is 4.77. The fraction of sp³-hybridized carbons (Fsp3) is 0.231. The predicted molar refractivity (Wildman–Crippen MR) is 63.0 cm³/mol. The lowest BCUT2D eigenvalue weighted by molar-refractivity contribution is -0.138. The van der Waals surface area contributed by atoms with Gasteiger partial charge in [-0.3, -0.25) is 9.59 Å². The van der Waals surface area contributed by atoms with Gasteiger partial charge in [-0.2, -0.15) is 0 Å². The Morgan fingerprint density at radius 3 is 2.47 bits per heavy atom. The first-order valence-electron chi connectivity index (χ1n) is 5.15. The molecule has 0 radical (unpaired) electrons. The minimum atomic E-state index is -1.00. The minimum absolute atomic E-state index is 0.0691. The molecule has 0 spiro atoms. The van der Waals surface area contributed by atoms with E-state index >= 15 is 0 Å². The van der Waals surface area contributed by atoms with Crippen LogP contribution in [0.15, 0.2) is 30.3 Å². The number of carbonyl (C=O) groups excluding carboxylic acids is 1. The van der Waals surface area contributed by atoms with Gasteiger partial charge in [0.2, 0.25) is 5.91 Å². The van der Waals surface area contributed by atoms with Gasteiger partial charge in [0.25, 0.3) is 0 Å². The summed E-state index contributed by atoms with van der Waals surface area (Å²) in [4.78, 5) is 21.7. The largest absolute Gasteiger partial charge is 0.481 e. The molecule has 0 aromatic heterocycles. The lowest BCUT2D eigenvalue weighted by Crippen LogP contribution is -2.27. The number of hydrogen-bond acceptors (Lipinski definition) is 2. The van der Waals surface area contributed by atoms with E-state index in [0.717, 1.165) is 5.56 Å². The summed E-state index contributed by atoms with van der Waals surface area (Å²) in [5.41, 5.74) is 0.804. The highest BCUT2D eigenvalue weighted by molar-refractivity contribution is 5.81. The SMILES string of the molecule is C#C[C@H](NC(=O)CCC(=O)O)c1ccccc1. The highest BCUT2D eigenvalue weighted by Crippen LogP contribution is 2.11. The van der Waals surface area contributed by atoms with E-state index in [1.807, 2.05) is 30.3 Å². The van der Waals surface area contributed by atoms with Crippen molar-refractivity contribution in [2.24, 2.45) is 0 Å². The first-order valence-corrected chi connectivity index (χ1v) is 5.15.